The van der Waals surface area contributed by atoms with E-state index in [2.05, 4.69) is 6.92 Å². The van der Waals surface area contributed by atoms with Crippen molar-refractivity contribution in [2.45, 2.75) is 136 Å². The van der Waals surface area contributed by atoms with Crippen LogP contribution in [0.5, 0.6) is 0 Å². The fourth-order valence-corrected chi connectivity index (χ4v) is 2.64. The third kappa shape index (κ3) is 35.1. The third-order valence-corrected chi connectivity index (χ3v) is 4.56. The molecule has 0 aromatic rings. The molecule has 0 aliphatic heterocycles. The van der Waals surface area contributed by atoms with Crippen LogP contribution in [0.2, 0.25) is 0 Å². The molecule has 0 fully saturated rings. The summed E-state index contributed by atoms with van der Waals surface area (Å²) in [7, 11) is 0. The summed E-state index contributed by atoms with van der Waals surface area (Å²) in [5.41, 5.74) is 0. The van der Waals surface area contributed by atoms with Crippen molar-refractivity contribution >= 4 is 23.3 Å². The molecule has 4 heteroatoms. The van der Waals surface area contributed by atoms with Crippen molar-refractivity contribution in [3.05, 3.63) is 0 Å². The van der Waals surface area contributed by atoms with Gasteiger partial charge >= 0.3 is 17.4 Å². The zero-order valence-electron chi connectivity index (χ0n) is 17.9. The van der Waals surface area contributed by atoms with Crippen molar-refractivity contribution in [3.63, 3.8) is 0 Å². The predicted molar refractivity (Wildman–Crippen MR) is 110 cm³/mol. The Labute approximate surface area is 174 Å². The second kappa shape index (κ2) is 27.2. The largest absolute Gasteiger partial charge is 2.00 e. The SMILES string of the molecule is CCC(C)[O-].CCCCCCCCCCCCCCCCCC(=O)[O-].[Al+2]. The van der Waals surface area contributed by atoms with E-state index in [-0.39, 0.29) is 29.9 Å². The van der Waals surface area contributed by atoms with Crippen molar-refractivity contribution in [2.24, 2.45) is 0 Å². The van der Waals surface area contributed by atoms with Crippen molar-refractivity contribution in [1.82, 2.24) is 0 Å². The Hall–Kier alpha value is -0.0375. The minimum absolute atomic E-state index is 0. The molecular weight excluding hydrogens is 339 g/mol. The maximum Gasteiger partial charge on any atom is 2.00 e. The van der Waals surface area contributed by atoms with Gasteiger partial charge < -0.3 is 15.0 Å². The molecule has 0 amide bonds. The Bertz CT molecular complexity index is 258. The van der Waals surface area contributed by atoms with E-state index >= 15 is 0 Å². The number of carbonyl (C=O) groups is 1. The van der Waals surface area contributed by atoms with Crippen LogP contribution in [0.1, 0.15) is 130 Å². The van der Waals surface area contributed by atoms with E-state index in [1.165, 1.54) is 83.5 Å². The van der Waals surface area contributed by atoms with Crippen molar-refractivity contribution in [1.29, 1.82) is 0 Å². The van der Waals surface area contributed by atoms with Gasteiger partial charge in [-0.25, -0.2) is 0 Å². The van der Waals surface area contributed by atoms with Crippen LogP contribution in [0, 0.1) is 0 Å². The van der Waals surface area contributed by atoms with E-state index < -0.39 is 5.97 Å². The molecular formula is C22H44AlO3. The summed E-state index contributed by atoms with van der Waals surface area (Å²) in [4.78, 5) is 10.2. The van der Waals surface area contributed by atoms with Crippen molar-refractivity contribution < 1.29 is 15.0 Å². The Kier molecular flexibility index (Phi) is 32.1. The normalized spacial score (nSPS) is 11.2. The first kappa shape index (κ1) is 30.7. The van der Waals surface area contributed by atoms with E-state index in [1.807, 2.05) is 6.92 Å². The molecule has 1 radical (unpaired) electrons. The minimum Gasteiger partial charge on any atom is -0.852 e. The van der Waals surface area contributed by atoms with Gasteiger partial charge in [-0.15, -0.1) is 6.10 Å². The number of carboxylic acids is 1. The van der Waals surface area contributed by atoms with Crippen LogP contribution in [-0.2, 0) is 4.79 Å². The van der Waals surface area contributed by atoms with Gasteiger partial charge in [0.05, 0.1) is 0 Å². The standard InChI is InChI=1S/C18H36O2.C4H9O.Al/c1-2-3-4-5-6-7-8-9-10-11-12-13-14-15-16-17-18(19)20;1-3-4(2)5;/h2-17H2,1H3,(H,19,20);4H,3H2,1-2H3;/q;-1;+2/p-1. The van der Waals surface area contributed by atoms with Gasteiger partial charge in [-0.05, 0) is 12.8 Å². The van der Waals surface area contributed by atoms with E-state index in [9.17, 15) is 15.0 Å². The first-order valence-corrected chi connectivity index (χ1v) is 10.9. The van der Waals surface area contributed by atoms with Gasteiger partial charge in [0.1, 0.15) is 0 Å². The second-order valence-electron chi connectivity index (χ2n) is 7.29. The first-order valence-electron chi connectivity index (χ1n) is 10.9. The number of unbranched alkanes of at least 4 members (excludes halogenated alkanes) is 14. The fourth-order valence-electron chi connectivity index (χ4n) is 2.64. The average Bonchev–Trinajstić information content (AvgIpc) is 2.58. The fraction of sp³-hybridized carbons (Fsp3) is 0.955. The molecule has 26 heavy (non-hydrogen) atoms. The van der Waals surface area contributed by atoms with E-state index in [4.69, 9.17) is 0 Å². The van der Waals surface area contributed by atoms with Crippen LogP contribution in [0.4, 0.5) is 0 Å². The van der Waals surface area contributed by atoms with Crippen LogP contribution < -0.4 is 10.2 Å². The van der Waals surface area contributed by atoms with E-state index in [0.717, 1.165) is 19.3 Å². The maximum absolute atomic E-state index is 10.2. The summed E-state index contributed by atoms with van der Waals surface area (Å²) in [5.74, 6) is -0.903. The van der Waals surface area contributed by atoms with Gasteiger partial charge in [-0.1, -0.05) is 117 Å². The zero-order valence-corrected chi connectivity index (χ0v) is 19.1. The summed E-state index contributed by atoms with van der Waals surface area (Å²) < 4.78 is 0. The van der Waals surface area contributed by atoms with Gasteiger partial charge in [0.15, 0.2) is 0 Å². The Morgan fingerprint density at radius 1 is 0.692 bits per heavy atom. The van der Waals surface area contributed by atoms with E-state index in [0.29, 0.717) is 0 Å². The van der Waals surface area contributed by atoms with Crippen molar-refractivity contribution in [3.8, 4) is 0 Å². The Balaban J connectivity index is -0.000000772. The molecule has 0 saturated heterocycles. The van der Waals surface area contributed by atoms with Crippen LogP contribution in [0.25, 0.3) is 0 Å². The van der Waals surface area contributed by atoms with Gasteiger partial charge in [-0.2, -0.15) is 0 Å². The second-order valence-corrected chi connectivity index (χ2v) is 7.29. The molecule has 0 saturated carbocycles. The molecule has 0 aliphatic rings. The summed E-state index contributed by atoms with van der Waals surface area (Å²) in [5, 5.41) is 20.1. The third-order valence-electron chi connectivity index (χ3n) is 4.56. The topological polar surface area (TPSA) is 63.2 Å². The van der Waals surface area contributed by atoms with Crippen LogP contribution >= 0.6 is 0 Å². The molecule has 0 rings (SSSR count). The summed E-state index contributed by atoms with van der Waals surface area (Å²) in [6.07, 6.45) is 20.2. The maximum atomic E-state index is 10.2. The van der Waals surface area contributed by atoms with Gasteiger partial charge in [-0.3, -0.25) is 0 Å². The number of rotatable bonds is 17. The van der Waals surface area contributed by atoms with Crippen LogP contribution in [-0.4, -0.2) is 29.4 Å². The van der Waals surface area contributed by atoms with Gasteiger partial charge in [0.25, 0.3) is 0 Å². The van der Waals surface area contributed by atoms with Crippen molar-refractivity contribution in [2.75, 3.05) is 0 Å². The molecule has 0 N–H and O–H groups in total. The van der Waals surface area contributed by atoms with Gasteiger partial charge in [0.2, 0.25) is 0 Å². The monoisotopic (exact) mass is 383 g/mol. The molecule has 0 spiro atoms. The molecule has 1 unspecified atom stereocenters. The zero-order chi connectivity index (χ0) is 19.2. The molecule has 0 aliphatic carbocycles. The van der Waals surface area contributed by atoms with Crippen LogP contribution in [0.3, 0.4) is 0 Å². The number of aliphatic carboxylic acids is 1. The summed E-state index contributed by atoms with van der Waals surface area (Å²) in [6.45, 7) is 5.82. The molecule has 0 aromatic heterocycles. The molecule has 153 valence electrons. The smallest absolute Gasteiger partial charge is 0.852 e. The molecule has 1 atom stereocenters. The molecule has 0 aromatic carbocycles. The van der Waals surface area contributed by atoms with Gasteiger partial charge in [0, 0.05) is 5.97 Å². The quantitative estimate of drug-likeness (QED) is 0.269. The Morgan fingerprint density at radius 2 is 0.962 bits per heavy atom. The van der Waals surface area contributed by atoms with Crippen LogP contribution in [0.15, 0.2) is 0 Å². The number of hydrogen-bond acceptors (Lipinski definition) is 3. The number of hydrogen-bond donors (Lipinski definition) is 0. The minimum atomic E-state index is -0.903. The average molecular weight is 384 g/mol. The summed E-state index contributed by atoms with van der Waals surface area (Å²) >= 11 is 0. The molecule has 0 bridgehead atoms. The first-order chi connectivity index (χ1) is 12.0. The number of carbonyl (C=O) groups excluding carboxylic acids is 1. The molecule has 0 heterocycles. The molecule has 3 nitrogen and oxygen atoms in total. The summed E-state index contributed by atoms with van der Waals surface area (Å²) in [6, 6.07) is 0. The Morgan fingerprint density at radius 3 is 1.19 bits per heavy atom. The predicted octanol–water partition coefficient (Wildman–Crippen LogP) is 4.76. The van der Waals surface area contributed by atoms with E-state index in [1.54, 1.807) is 6.92 Å². The number of carboxylic acid groups (broad SMARTS) is 1.